The van der Waals surface area contributed by atoms with Gasteiger partial charge in [-0.15, -0.1) is 0 Å². The molecule has 1 aromatic carbocycles. The van der Waals surface area contributed by atoms with Gasteiger partial charge in [-0.3, -0.25) is 4.90 Å². The highest BCUT2D eigenvalue weighted by atomic mass is 16.5. The number of nitrogens with zero attached hydrogens (tertiary/aromatic N) is 3. The molecular formula is C19H21N3O2. The predicted molar refractivity (Wildman–Crippen MR) is 90.3 cm³/mol. The van der Waals surface area contributed by atoms with Crippen LogP contribution in [-0.4, -0.2) is 21.6 Å². The second-order valence-electron chi connectivity index (χ2n) is 6.38. The summed E-state index contributed by atoms with van der Waals surface area (Å²) in [6.07, 6.45) is 4.08. The van der Waals surface area contributed by atoms with Crippen LogP contribution in [0.5, 0.6) is 0 Å². The van der Waals surface area contributed by atoms with E-state index in [1.807, 2.05) is 44.2 Å². The van der Waals surface area contributed by atoms with Crippen molar-refractivity contribution in [2.24, 2.45) is 0 Å². The molecule has 1 unspecified atom stereocenters. The number of rotatable bonds is 4. The summed E-state index contributed by atoms with van der Waals surface area (Å²) in [6, 6.07) is 10.4. The second kappa shape index (κ2) is 6.24. The Kier molecular flexibility index (Phi) is 3.94. The van der Waals surface area contributed by atoms with Crippen molar-refractivity contribution >= 4 is 0 Å². The predicted octanol–water partition coefficient (Wildman–Crippen LogP) is 4.28. The molecule has 0 bridgehead atoms. The van der Waals surface area contributed by atoms with Crippen molar-refractivity contribution in [3.05, 3.63) is 59.3 Å². The van der Waals surface area contributed by atoms with Crippen molar-refractivity contribution < 1.29 is 8.94 Å². The van der Waals surface area contributed by atoms with Crippen LogP contribution in [0, 0.1) is 13.8 Å². The topological polar surface area (TPSA) is 55.3 Å². The fourth-order valence-corrected chi connectivity index (χ4v) is 3.61. The van der Waals surface area contributed by atoms with Crippen LogP contribution >= 0.6 is 0 Å². The lowest BCUT2D eigenvalue weighted by molar-refractivity contribution is 0.242. The summed E-state index contributed by atoms with van der Waals surface area (Å²) >= 11 is 0. The van der Waals surface area contributed by atoms with E-state index in [2.05, 4.69) is 15.0 Å². The molecule has 0 spiro atoms. The summed E-state index contributed by atoms with van der Waals surface area (Å²) in [5.41, 5.74) is 4.20. The van der Waals surface area contributed by atoms with Gasteiger partial charge in [-0.05, 0) is 45.4 Å². The highest BCUT2D eigenvalue weighted by Crippen LogP contribution is 2.36. The zero-order chi connectivity index (χ0) is 16.5. The standard InChI is InChI=1S/C19H21N3O2/c1-13-18(14(2)24-21-13)17-9-6-10-22(17)11-16-12-23-19(20-16)15-7-4-3-5-8-15/h3-5,7-8,12,17H,6,9-11H2,1-2H3. The zero-order valence-corrected chi connectivity index (χ0v) is 14.0. The summed E-state index contributed by atoms with van der Waals surface area (Å²) in [4.78, 5) is 7.10. The van der Waals surface area contributed by atoms with E-state index in [0.29, 0.717) is 11.9 Å². The quantitative estimate of drug-likeness (QED) is 0.717. The van der Waals surface area contributed by atoms with Crippen molar-refractivity contribution in [3.63, 3.8) is 0 Å². The molecule has 0 saturated carbocycles. The van der Waals surface area contributed by atoms with E-state index in [4.69, 9.17) is 8.94 Å². The van der Waals surface area contributed by atoms with Crippen LogP contribution in [0.15, 0.2) is 45.5 Å². The molecule has 0 amide bonds. The van der Waals surface area contributed by atoms with E-state index in [0.717, 1.165) is 42.2 Å². The molecule has 124 valence electrons. The lowest BCUT2D eigenvalue weighted by atomic mass is 10.0. The molecule has 1 atom stereocenters. The van der Waals surface area contributed by atoms with E-state index in [-0.39, 0.29) is 0 Å². The molecule has 3 heterocycles. The third kappa shape index (κ3) is 2.76. The highest BCUT2D eigenvalue weighted by molar-refractivity contribution is 5.52. The van der Waals surface area contributed by atoms with Crippen LogP contribution in [0.3, 0.4) is 0 Å². The number of oxazole rings is 1. The third-order valence-corrected chi connectivity index (χ3v) is 4.72. The Labute approximate surface area is 141 Å². The fourth-order valence-electron chi connectivity index (χ4n) is 3.61. The van der Waals surface area contributed by atoms with Gasteiger partial charge in [-0.25, -0.2) is 4.98 Å². The van der Waals surface area contributed by atoms with Gasteiger partial charge in [0.05, 0.1) is 11.4 Å². The maximum absolute atomic E-state index is 5.67. The van der Waals surface area contributed by atoms with Crippen LogP contribution in [0.4, 0.5) is 0 Å². The van der Waals surface area contributed by atoms with Crippen molar-refractivity contribution in [2.75, 3.05) is 6.54 Å². The minimum atomic E-state index is 0.355. The van der Waals surface area contributed by atoms with Gasteiger partial charge in [-0.1, -0.05) is 23.4 Å². The highest BCUT2D eigenvalue weighted by Gasteiger charge is 2.31. The molecule has 3 aromatic rings. The van der Waals surface area contributed by atoms with Crippen LogP contribution < -0.4 is 0 Å². The molecule has 0 radical (unpaired) electrons. The van der Waals surface area contributed by atoms with E-state index in [9.17, 15) is 0 Å². The van der Waals surface area contributed by atoms with Crippen LogP contribution in [-0.2, 0) is 6.54 Å². The summed E-state index contributed by atoms with van der Waals surface area (Å²) in [6.45, 7) is 5.86. The van der Waals surface area contributed by atoms with E-state index in [1.54, 1.807) is 6.26 Å². The maximum Gasteiger partial charge on any atom is 0.226 e. The number of hydrogen-bond acceptors (Lipinski definition) is 5. The largest absolute Gasteiger partial charge is 0.444 e. The van der Waals surface area contributed by atoms with Crippen molar-refractivity contribution in [3.8, 4) is 11.5 Å². The summed E-state index contributed by atoms with van der Waals surface area (Å²) in [5.74, 6) is 1.60. The van der Waals surface area contributed by atoms with Crippen LogP contribution in [0.1, 0.15) is 41.6 Å². The van der Waals surface area contributed by atoms with Gasteiger partial charge in [-0.2, -0.15) is 0 Å². The SMILES string of the molecule is Cc1noc(C)c1C1CCCN1Cc1coc(-c2ccccc2)n1. The number of aromatic nitrogens is 2. The molecule has 0 N–H and O–H groups in total. The molecule has 24 heavy (non-hydrogen) atoms. The Morgan fingerprint density at radius 2 is 2.04 bits per heavy atom. The Morgan fingerprint density at radius 1 is 1.21 bits per heavy atom. The molecular weight excluding hydrogens is 302 g/mol. The summed E-state index contributed by atoms with van der Waals surface area (Å²) < 4.78 is 11.0. The first-order valence-corrected chi connectivity index (χ1v) is 8.39. The van der Waals surface area contributed by atoms with Gasteiger partial charge in [0.15, 0.2) is 0 Å². The number of benzene rings is 1. The third-order valence-electron chi connectivity index (χ3n) is 4.72. The van der Waals surface area contributed by atoms with Gasteiger partial charge in [0.1, 0.15) is 12.0 Å². The Balaban J connectivity index is 1.54. The molecule has 1 saturated heterocycles. The Hall–Kier alpha value is -2.40. The molecule has 5 nitrogen and oxygen atoms in total. The van der Waals surface area contributed by atoms with Crippen LogP contribution in [0.2, 0.25) is 0 Å². The first kappa shape index (κ1) is 15.1. The average Bonchev–Trinajstić information content (AvgIpc) is 3.31. The Bertz CT molecular complexity index is 803. The maximum atomic E-state index is 5.67. The summed E-state index contributed by atoms with van der Waals surface area (Å²) in [7, 11) is 0. The number of aryl methyl sites for hydroxylation is 2. The van der Waals surface area contributed by atoms with Crippen molar-refractivity contribution in [1.29, 1.82) is 0 Å². The molecule has 5 heteroatoms. The van der Waals surface area contributed by atoms with Gasteiger partial charge in [0, 0.05) is 23.7 Å². The van der Waals surface area contributed by atoms with E-state index >= 15 is 0 Å². The second-order valence-corrected chi connectivity index (χ2v) is 6.38. The molecule has 1 fully saturated rings. The first-order chi connectivity index (χ1) is 11.7. The van der Waals surface area contributed by atoms with Gasteiger partial charge >= 0.3 is 0 Å². The smallest absolute Gasteiger partial charge is 0.226 e. The number of likely N-dealkylation sites (tertiary alicyclic amines) is 1. The zero-order valence-electron chi connectivity index (χ0n) is 14.0. The van der Waals surface area contributed by atoms with Crippen LogP contribution in [0.25, 0.3) is 11.5 Å². The minimum absolute atomic E-state index is 0.355. The van der Waals surface area contributed by atoms with Crippen molar-refractivity contribution in [1.82, 2.24) is 15.0 Å². The Morgan fingerprint density at radius 3 is 2.79 bits per heavy atom. The molecule has 2 aromatic heterocycles. The fraction of sp³-hybridized carbons (Fsp3) is 0.368. The van der Waals surface area contributed by atoms with Gasteiger partial charge < -0.3 is 8.94 Å². The van der Waals surface area contributed by atoms with Crippen molar-refractivity contribution in [2.45, 2.75) is 39.3 Å². The number of hydrogen-bond donors (Lipinski definition) is 0. The monoisotopic (exact) mass is 323 g/mol. The molecule has 1 aliphatic heterocycles. The molecule has 1 aliphatic rings. The van der Waals surface area contributed by atoms with E-state index in [1.165, 1.54) is 12.0 Å². The van der Waals surface area contributed by atoms with Gasteiger partial charge in [0.2, 0.25) is 5.89 Å². The van der Waals surface area contributed by atoms with Gasteiger partial charge in [0.25, 0.3) is 0 Å². The molecule has 0 aliphatic carbocycles. The molecule has 4 rings (SSSR count). The van der Waals surface area contributed by atoms with E-state index < -0.39 is 0 Å². The first-order valence-electron chi connectivity index (χ1n) is 8.39. The minimum Gasteiger partial charge on any atom is -0.444 e. The average molecular weight is 323 g/mol. The lowest BCUT2D eigenvalue weighted by Gasteiger charge is -2.23. The summed E-state index contributed by atoms with van der Waals surface area (Å²) in [5, 5.41) is 4.11. The normalized spacial score (nSPS) is 18.3. The lowest BCUT2D eigenvalue weighted by Crippen LogP contribution is -2.23.